The van der Waals surface area contributed by atoms with Crippen LogP contribution in [0.25, 0.3) is 31.0 Å². The predicted octanol–water partition coefficient (Wildman–Crippen LogP) is 7.63. The van der Waals surface area contributed by atoms with Crippen LogP contribution < -0.4 is 10.3 Å². The van der Waals surface area contributed by atoms with E-state index in [2.05, 4.69) is 35.4 Å². The van der Waals surface area contributed by atoms with Gasteiger partial charge in [0.05, 0.1) is 26.0 Å². The molecule has 0 unspecified atom stereocenters. The summed E-state index contributed by atoms with van der Waals surface area (Å²) in [4.78, 5) is 23.0. The fourth-order valence-corrected chi connectivity index (χ4v) is 6.44. The number of fused-ring (bicyclic) bond motifs is 2. The van der Waals surface area contributed by atoms with E-state index in [4.69, 9.17) is 10.1 Å². The molecule has 0 fully saturated rings. The van der Waals surface area contributed by atoms with Crippen LogP contribution in [0, 0.1) is 6.92 Å². The van der Waals surface area contributed by atoms with Gasteiger partial charge in [-0.3, -0.25) is 4.79 Å². The molecule has 188 valence electrons. The molecule has 0 saturated carbocycles. The third kappa shape index (κ3) is 4.39. The Bertz CT molecular complexity index is 1890. The summed E-state index contributed by atoms with van der Waals surface area (Å²) in [6.45, 7) is 2.09. The lowest BCUT2D eigenvalue weighted by Gasteiger charge is -2.07. The monoisotopic (exact) mass is 543 g/mol. The van der Waals surface area contributed by atoms with Gasteiger partial charge in [-0.2, -0.15) is 10.1 Å². The van der Waals surface area contributed by atoms with E-state index in [1.54, 1.807) is 17.5 Å². The zero-order chi connectivity index (χ0) is 26.3. The van der Waals surface area contributed by atoms with E-state index in [-0.39, 0.29) is 5.91 Å². The van der Waals surface area contributed by atoms with Gasteiger partial charge in [-0.15, -0.1) is 11.3 Å². The fraction of sp³-hybridized carbons (Fsp3) is 0.0323. The summed E-state index contributed by atoms with van der Waals surface area (Å²) in [6.07, 6.45) is 1.73. The Balaban J connectivity index is 1.18. The highest BCUT2D eigenvalue weighted by atomic mass is 32.1. The average molecular weight is 544 g/mol. The van der Waals surface area contributed by atoms with E-state index in [9.17, 15) is 4.79 Å². The van der Waals surface area contributed by atoms with Crippen molar-refractivity contribution in [3.8, 4) is 10.6 Å². The van der Waals surface area contributed by atoms with E-state index < -0.39 is 0 Å². The van der Waals surface area contributed by atoms with Crippen LogP contribution in [0.15, 0.2) is 114 Å². The summed E-state index contributed by atoms with van der Waals surface area (Å²) in [5.74, 6) is -0.221. The van der Waals surface area contributed by atoms with Crippen LogP contribution >= 0.6 is 22.7 Å². The van der Waals surface area contributed by atoms with E-state index in [0.29, 0.717) is 16.4 Å². The smallest absolute Gasteiger partial charge is 0.284 e. The molecule has 8 heteroatoms. The minimum absolute atomic E-state index is 0.221. The molecule has 0 saturated heterocycles. The molecule has 1 amide bonds. The summed E-state index contributed by atoms with van der Waals surface area (Å²) in [5, 5.41) is 10.9. The molecule has 0 atom stereocenters. The van der Waals surface area contributed by atoms with E-state index in [1.807, 2.05) is 78.9 Å². The normalized spacial score (nSPS) is 14.5. The minimum atomic E-state index is -0.221. The van der Waals surface area contributed by atoms with Crippen LogP contribution in [0.5, 0.6) is 0 Å². The molecular weight excluding hydrogens is 523 g/mol. The van der Waals surface area contributed by atoms with Crippen molar-refractivity contribution < 1.29 is 4.79 Å². The Hall–Kier alpha value is -4.66. The number of carbonyl (C=O) groups excluding carboxylic acids is 1. The first kappa shape index (κ1) is 23.5. The highest BCUT2D eigenvalue weighted by Gasteiger charge is 2.34. The second-order valence-electron chi connectivity index (χ2n) is 9.17. The maximum absolute atomic E-state index is 13.6. The first-order valence-corrected chi connectivity index (χ1v) is 14.0. The van der Waals surface area contributed by atoms with Gasteiger partial charge >= 0.3 is 0 Å². The number of nitrogens with one attached hydrogen (secondary N) is 1. The van der Waals surface area contributed by atoms with E-state index >= 15 is 0 Å². The maximum atomic E-state index is 13.6. The Labute approximate surface area is 232 Å². The Morgan fingerprint density at radius 3 is 2.36 bits per heavy atom. The molecule has 1 aliphatic heterocycles. The number of anilines is 2. The number of nitrogens with zero attached hydrogens (tertiary/aromatic N) is 4. The quantitative estimate of drug-likeness (QED) is 0.227. The number of hydrogen-bond acceptors (Lipinski definition) is 7. The van der Waals surface area contributed by atoms with E-state index in [0.717, 1.165) is 37.6 Å². The van der Waals surface area contributed by atoms with Crippen molar-refractivity contribution in [2.24, 2.45) is 5.10 Å². The molecular formula is C31H21N5OS2. The van der Waals surface area contributed by atoms with Crippen LogP contribution in [0.4, 0.5) is 10.8 Å². The minimum Gasteiger partial charge on any atom is -0.361 e. The molecule has 0 radical (unpaired) electrons. The van der Waals surface area contributed by atoms with Crippen LogP contribution in [-0.4, -0.2) is 21.6 Å². The van der Waals surface area contributed by atoms with Gasteiger partial charge in [-0.05, 0) is 61.0 Å². The summed E-state index contributed by atoms with van der Waals surface area (Å²) in [7, 11) is 0. The zero-order valence-electron chi connectivity index (χ0n) is 20.8. The number of aromatic nitrogens is 2. The van der Waals surface area contributed by atoms with Crippen LogP contribution in [-0.2, 0) is 4.79 Å². The number of benzene rings is 4. The second-order valence-corrected chi connectivity index (χ2v) is 11.2. The van der Waals surface area contributed by atoms with E-state index in [1.165, 1.54) is 26.6 Å². The van der Waals surface area contributed by atoms with Crippen molar-refractivity contribution in [2.75, 3.05) is 10.3 Å². The molecule has 6 nitrogen and oxygen atoms in total. The summed E-state index contributed by atoms with van der Waals surface area (Å²) in [6, 6.07) is 32.0. The van der Waals surface area contributed by atoms with Crippen molar-refractivity contribution >= 4 is 65.5 Å². The number of aryl methyl sites for hydroxylation is 1. The molecule has 7 rings (SSSR count). The van der Waals surface area contributed by atoms with Crippen molar-refractivity contribution in [3.63, 3.8) is 0 Å². The number of rotatable bonds is 5. The number of carbonyl (C=O) groups is 1. The van der Waals surface area contributed by atoms with Crippen molar-refractivity contribution in [1.29, 1.82) is 0 Å². The highest BCUT2D eigenvalue weighted by molar-refractivity contribution is 7.22. The molecule has 6 aromatic rings. The summed E-state index contributed by atoms with van der Waals surface area (Å²) >= 11 is 3.14. The van der Waals surface area contributed by atoms with Crippen molar-refractivity contribution in [2.45, 2.75) is 6.92 Å². The summed E-state index contributed by atoms with van der Waals surface area (Å²) in [5.41, 5.74) is 6.95. The Kier molecular flexibility index (Phi) is 5.76. The van der Waals surface area contributed by atoms with Crippen LogP contribution in [0.2, 0.25) is 0 Å². The SMILES string of the molecule is Cc1ccc2nc(-c3ccc(N/C=C4\C(=O)N(c5nc6ccccc6s5)N=C4c4ccccc4)cc3)sc2c1. The third-order valence-corrected chi connectivity index (χ3v) is 8.53. The molecule has 2 aromatic heterocycles. The molecule has 0 spiro atoms. The van der Waals surface area contributed by atoms with Gasteiger partial charge < -0.3 is 5.32 Å². The van der Waals surface area contributed by atoms with Gasteiger partial charge in [0.25, 0.3) is 5.91 Å². The molecule has 4 aromatic carbocycles. The summed E-state index contributed by atoms with van der Waals surface area (Å²) < 4.78 is 2.19. The predicted molar refractivity (Wildman–Crippen MR) is 162 cm³/mol. The third-order valence-electron chi connectivity index (χ3n) is 6.45. The highest BCUT2D eigenvalue weighted by Crippen LogP contribution is 2.34. The van der Waals surface area contributed by atoms with Gasteiger partial charge in [0.2, 0.25) is 5.13 Å². The van der Waals surface area contributed by atoms with Crippen LogP contribution in [0.3, 0.4) is 0 Å². The second kappa shape index (κ2) is 9.58. The topological polar surface area (TPSA) is 70.5 Å². The molecule has 3 heterocycles. The molecule has 39 heavy (non-hydrogen) atoms. The number of thiazole rings is 2. The molecule has 0 aliphatic carbocycles. The lowest BCUT2D eigenvalue weighted by atomic mass is 10.0. The van der Waals surface area contributed by atoms with Crippen molar-refractivity contribution in [3.05, 3.63) is 120 Å². The van der Waals surface area contributed by atoms with Gasteiger partial charge in [0.15, 0.2) is 0 Å². The zero-order valence-corrected chi connectivity index (χ0v) is 22.5. The van der Waals surface area contributed by atoms with Gasteiger partial charge in [0.1, 0.15) is 10.7 Å². The number of para-hydroxylation sites is 1. The van der Waals surface area contributed by atoms with Gasteiger partial charge in [-0.25, -0.2) is 9.97 Å². The first-order chi connectivity index (χ1) is 19.1. The van der Waals surface area contributed by atoms with Crippen LogP contribution in [0.1, 0.15) is 11.1 Å². The lowest BCUT2D eigenvalue weighted by molar-refractivity contribution is -0.114. The van der Waals surface area contributed by atoms with Crippen molar-refractivity contribution in [1.82, 2.24) is 9.97 Å². The Morgan fingerprint density at radius 1 is 0.769 bits per heavy atom. The standard InChI is InChI=1S/C31H21N5OS2/c1-19-11-16-25-27(17-19)38-29(33-25)21-12-14-22(15-13-21)32-18-23-28(20-7-3-2-4-8-20)35-36(30(23)37)31-34-24-9-5-6-10-26(24)39-31/h2-18,32H,1H3/b23-18-. The number of hydrogen-bond donors (Lipinski definition) is 1. The number of amides is 1. The first-order valence-electron chi connectivity index (χ1n) is 12.4. The fourth-order valence-electron chi connectivity index (χ4n) is 4.45. The molecule has 1 N–H and O–H groups in total. The molecule has 0 bridgehead atoms. The van der Waals surface area contributed by atoms with Gasteiger partial charge in [-0.1, -0.05) is 59.9 Å². The maximum Gasteiger partial charge on any atom is 0.284 e. The number of hydrazone groups is 1. The molecule has 1 aliphatic rings. The Morgan fingerprint density at radius 2 is 1.54 bits per heavy atom. The largest absolute Gasteiger partial charge is 0.361 e. The van der Waals surface area contributed by atoms with Gasteiger partial charge in [0, 0.05) is 23.0 Å². The average Bonchev–Trinajstić information content (AvgIpc) is 3.67. The lowest BCUT2D eigenvalue weighted by Crippen LogP contribution is -2.21.